The summed E-state index contributed by atoms with van der Waals surface area (Å²) in [5.74, 6) is 0. The van der Waals surface area contributed by atoms with Gasteiger partial charge < -0.3 is 9.74 Å². The average molecular weight is 386 g/mol. The molecule has 0 saturated heterocycles. The summed E-state index contributed by atoms with van der Waals surface area (Å²) in [5.41, 5.74) is 2.87. The molecule has 0 saturated carbocycles. The van der Waals surface area contributed by atoms with Gasteiger partial charge in [0.2, 0.25) is 0 Å². The Morgan fingerprint density at radius 3 is 2.88 bits per heavy atom. The predicted molar refractivity (Wildman–Crippen MR) is 107 cm³/mol. The van der Waals surface area contributed by atoms with E-state index in [-0.39, 0.29) is 6.10 Å². The van der Waals surface area contributed by atoms with Crippen molar-refractivity contribution in [1.29, 1.82) is 0 Å². The summed E-state index contributed by atoms with van der Waals surface area (Å²) < 4.78 is 0. The number of aromatic nitrogens is 3. The lowest BCUT2D eigenvalue weighted by Crippen LogP contribution is -2.28. The van der Waals surface area contributed by atoms with Gasteiger partial charge in [0.1, 0.15) is 32.5 Å². The van der Waals surface area contributed by atoms with E-state index in [0.717, 1.165) is 49.8 Å². The molecule has 0 atom stereocenters. The molecule has 0 aliphatic carbocycles. The van der Waals surface area contributed by atoms with Crippen LogP contribution in [-0.4, -0.2) is 40.4 Å². The van der Waals surface area contributed by atoms with Crippen molar-refractivity contribution in [3.05, 3.63) is 36.4 Å². The highest BCUT2D eigenvalue weighted by Crippen LogP contribution is 2.40. The summed E-state index contributed by atoms with van der Waals surface area (Å²) in [7, 11) is 2.09. The van der Waals surface area contributed by atoms with E-state index in [2.05, 4.69) is 27.1 Å². The molecule has 26 heavy (non-hydrogen) atoms. The Bertz CT molecular complexity index is 932. The molecule has 0 spiro atoms. The summed E-state index contributed by atoms with van der Waals surface area (Å²) in [6, 6.07) is 3.94. The number of pyridine rings is 1. The Kier molecular flexibility index (Phi) is 4.69. The number of hydrogen-bond acceptors (Lipinski definition) is 8. The Morgan fingerprint density at radius 2 is 2.12 bits per heavy atom. The molecule has 0 bridgehead atoms. The number of anilines is 1. The minimum absolute atomic E-state index is 0.0623. The van der Waals surface area contributed by atoms with Gasteiger partial charge in [-0.3, -0.25) is 4.98 Å². The minimum Gasteiger partial charge on any atom is -0.393 e. The summed E-state index contributed by atoms with van der Waals surface area (Å²) in [6.07, 6.45) is 6.38. The third-order valence-corrected chi connectivity index (χ3v) is 6.30. The number of rotatable bonds is 4. The second-order valence-corrected chi connectivity index (χ2v) is 8.32. The van der Waals surface area contributed by atoms with E-state index in [1.165, 1.54) is 0 Å². The van der Waals surface area contributed by atoms with Crippen LogP contribution < -0.4 is 4.90 Å². The zero-order valence-corrected chi connectivity index (χ0v) is 16.5. The fraction of sp³-hybridized carbons (Fsp3) is 0.333. The largest absolute Gasteiger partial charge is 0.393 e. The minimum atomic E-state index is 0.0623. The van der Waals surface area contributed by atoms with Crippen LogP contribution in [0.1, 0.15) is 26.0 Å². The van der Waals surface area contributed by atoms with Crippen molar-refractivity contribution < 1.29 is 4.84 Å². The quantitative estimate of drug-likeness (QED) is 0.627. The second-order valence-electron chi connectivity index (χ2n) is 6.31. The highest BCUT2D eigenvalue weighted by Gasteiger charge is 2.26. The van der Waals surface area contributed by atoms with Crippen LogP contribution in [0.25, 0.3) is 20.5 Å². The van der Waals surface area contributed by atoms with Gasteiger partial charge in [0.05, 0.1) is 4.88 Å². The van der Waals surface area contributed by atoms with Crippen LogP contribution in [0.15, 0.2) is 35.9 Å². The van der Waals surface area contributed by atoms with Gasteiger partial charge >= 0.3 is 0 Å². The van der Waals surface area contributed by atoms with Crippen molar-refractivity contribution >= 4 is 33.4 Å². The first-order chi connectivity index (χ1) is 12.6. The van der Waals surface area contributed by atoms with Crippen molar-refractivity contribution in [2.75, 3.05) is 18.5 Å². The van der Waals surface area contributed by atoms with Crippen LogP contribution in [0.5, 0.6) is 0 Å². The predicted octanol–water partition coefficient (Wildman–Crippen LogP) is 4.30. The molecule has 0 N–H and O–H groups in total. The van der Waals surface area contributed by atoms with Gasteiger partial charge in [-0.25, -0.2) is 9.97 Å². The van der Waals surface area contributed by atoms with Crippen LogP contribution in [0, 0.1) is 0 Å². The first-order valence-corrected chi connectivity index (χ1v) is 10.1. The molecule has 3 aromatic heterocycles. The van der Waals surface area contributed by atoms with E-state index in [1.807, 2.05) is 38.4 Å². The van der Waals surface area contributed by atoms with Crippen molar-refractivity contribution in [2.45, 2.75) is 26.4 Å². The molecule has 1 aliphatic heterocycles. The fourth-order valence-corrected chi connectivity index (χ4v) is 4.63. The lowest BCUT2D eigenvalue weighted by molar-refractivity contribution is 0.0855. The number of nitrogens with zero attached hydrogens (tertiary/aromatic N) is 5. The molecule has 3 aromatic rings. The molecule has 134 valence electrons. The average Bonchev–Trinajstić information content (AvgIpc) is 3.29. The van der Waals surface area contributed by atoms with Crippen molar-refractivity contribution in [1.82, 2.24) is 15.0 Å². The topological polar surface area (TPSA) is 63.5 Å². The van der Waals surface area contributed by atoms with Crippen LogP contribution in [0.4, 0.5) is 5.00 Å². The summed E-state index contributed by atoms with van der Waals surface area (Å²) in [4.78, 5) is 22.3. The number of oxime groups is 1. The standard InChI is InChI=1S/C18H19N5OS2/c1-11(2)24-22-13-6-8-23(3)18-15(13)21-17(26-18)14-10-20-16(25-14)12-5-4-7-19-9-12/h4-5,7,9-11H,6,8H2,1-3H3/b22-13+. The van der Waals surface area contributed by atoms with E-state index >= 15 is 0 Å². The number of thiazole rings is 2. The van der Waals surface area contributed by atoms with Crippen molar-refractivity contribution in [3.63, 3.8) is 0 Å². The molecule has 0 unspecified atom stereocenters. The third kappa shape index (κ3) is 3.34. The molecule has 4 rings (SSSR count). The summed E-state index contributed by atoms with van der Waals surface area (Å²) in [6.45, 7) is 4.87. The van der Waals surface area contributed by atoms with Gasteiger partial charge in [0, 0.05) is 44.2 Å². The molecule has 4 heterocycles. The van der Waals surface area contributed by atoms with E-state index in [0.29, 0.717) is 0 Å². The van der Waals surface area contributed by atoms with Crippen LogP contribution in [0.2, 0.25) is 0 Å². The molecule has 0 fully saturated rings. The van der Waals surface area contributed by atoms with Gasteiger partial charge in [-0.2, -0.15) is 0 Å². The molecule has 0 aromatic carbocycles. The lowest BCUT2D eigenvalue weighted by Gasteiger charge is -2.23. The fourth-order valence-electron chi connectivity index (χ4n) is 2.61. The van der Waals surface area contributed by atoms with E-state index in [1.54, 1.807) is 28.9 Å². The normalized spacial score (nSPS) is 15.5. The van der Waals surface area contributed by atoms with Gasteiger partial charge in [-0.15, -0.1) is 11.3 Å². The first-order valence-electron chi connectivity index (χ1n) is 8.43. The van der Waals surface area contributed by atoms with E-state index < -0.39 is 0 Å². The smallest absolute Gasteiger partial charge is 0.137 e. The van der Waals surface area contributed by atoms with Gasteiger partial charge in [-0.1, -0.05) is 16.5 Å². The monoisotopic (exact) mass is 385 g/mol. The highest BCUT2D eigenvalue weighted by molar-refractivity contribution is 7.25. The molecule has 8 heteroatoms. The lowest BCUT2D eigenvalue weighted by atomic mass is 10.1. The Labute approximate surface area is 160 Å². The summed E-state index contributed by atoms with van der Waals surface area (Å²) in [5, 5.41) is 7.38. The van der Waals surface area contributed by atoms with Crippen molar-refractivity contribution in [2.24, 2.45) is 5.16 Å². The number of fused-ring (bicyclic) bond motifs is 1. The second kappa shape index (κ2) is 7.13. The molecule has 1 aliphatic rings. The maximum atomic E-state index is 5.47. The maximum absolute atomic E-state index is 5.47. The van der Waals surface area contributed by atoms with Crippen molar-refractivity contribution in [3.8, 4) is 20.5 Å². The molecular weight excluding hydrogens is 366 g/mol. The third-order valence-electron chi connectivity index (χ3n) is 3.91. The number of hydrogen-bond donors (Lipinski definition) is 0. The van der Waals surface area contributed by atoms with Crippen LogP contribution in [-0.2, 0) is 4.84 Å². The Hall–Kier alpha value is -2.32. The zero-order chi connectivity index (χ0) is 18.1. The highest BCUT2D eigenvalue weighted by atomic mass is 32.1. The SMILES string of the molecule is CC(C)O/N=C1\CCN(C)c2sc(-c3cnc(-c4cccnc4)s3)nc21. The van der Waals surface area contributed by atoms with E-state index in [4.69, 9.17) is 9.82 Å². The molecule has 6 nitrogen and oxygen atoms in total. The molecular formula is C18H19N5OS2. The summed E-state index contributed by atoms with van der Waals surface area (Å²) >= 11 is 3.31. The maximum Gasteiger partial charge on any atom is 0.137 e. The Morgan fingerprint density at radius 1 is 1.23 bits per heavy atom. The van der Waals surface area contributed by atoms with Crippen LogP contribution in [0.3, 0.4) is 0 Å². The Balaban J connectivity index is 1.68. The zero-order valence-electron chi connectivity index (χ0n) is 14.8. The first kappa shape index (κ1) is 17.1. The molecule has 0 amide bonds. The van der Waals surface area contributed by atoms with Gasteiger partial charge in [0.25, 0.3) is 0 Å². The van der Waals surface area contributed by atoms with Crippen LogP contribution >= 0.6 is 22.7 Å². The van der Waals surface area contributed by atoms with Gasteiger partial charge in [-0.05, 0) is 26.0 Å². The molecule has 0 radical (unpaired) electrons. The van der Waals surface area contributed by atoms with E-state index in [9.17, 15) is 0 Å². The van der Waals surface area contributed by atoms with Gasteiger partial charge in [0.15, 0.2) is 0 Å².